The number of oxazole rings is 1. The van der Waals surface area contributed by atoms with Crippen molar-refractivity contribution in [2.45, 2.75) is 32.8 Å². The number of nitrogens with one attached hydrogen (secondary N) is 2. The van der Waals surface area contributed by atoms with Gasteiger partial charge in [0.25, 0.3) is 0 Å². The predicted octanol–water partition coefficient (Wildman–Crippen LogP) is 2.94. The highest BCUT2D eigenvalue weighted by atomic mass is 16.5. The maximum absolute atomic E-state index is 12.3. The number of carbonyl (C=O) groups is 1. The Balaban J connectivity index is 1.60. The zero-order valence-electron chi connectivity index (χ0n) is 14.3. The van der Waals surface area contributed by atoms with Gasteiger partial charge < -0.3 is 19.8 Å². The van der Waals surface area contributed by atoms with Gasteiger partial charge in [-0.15, -0.1) is 0 Å². The number of ether oxygens (including phenoxy) is 1. The number of fused-ring (bicyclic) bond motifs is 1. The van der Waals surface area contributed by atoms with Crippen LogP contribution in [-0.2, 0) is 16.1 Å². The van der Waals surface area contributed by atoms with E-state index in [2.05, 4.69) is 22.5 Å². The summed E-state index contributed by atoms with van der Waals surface area (Å²) < 4.78 is 10.6. The van der Waals surface area contributed by atoms with Gasteiger partial charge in [0, 0.05) is 19.2 Å². The minimum Gasteiger partial charge on any atom is -0.438 e. The summed E-state index contributed by atoms with van der Waals surface area (Å²) in [5.41, 5.74) is 2.17. The molecule has 2 heterocycles. The van der Waals surface area contributed by atoms with Crippen molar-refractivity contribution >= 4 is 22.7 Å². The van der Waals surface area contributed by atoms with Crippen LogP contribution in [0.4, 0.5) is 5.69 Å². The lowest BCUT2D eigenvalue weighted by Gasteiger charge is -2.28. The third-order valence-corrected chi connectivity index (χ3v) is 4.63. The van der Waals surface area contributed by atoms with Crippen molar-refractivity contribution in [3.8, 4) is 0 Å². The molecular weight excluding hydrogens is 306 g/mol. The highest BCUT2D eigenvalue weighted by molar-refractivity contribution is 5.92. The molecule has 1 aliphatic rings. The van der Waals surface area contributed by atoms with Gasteiger partial charge in [-0.25, -0.2) is 4.98 Å². The number of piperidine rings is 1. The number of rotatable bonds is 6. The first kappa shape index (κ1) is 16.9. The summed E-state index contributed by atoms with van der Waals surface area (Å²) in [4.78, 5) is 16.7. The molecular formula is C18H25N3O3. The van der Waals surface area contributed by atoms with Crippen LogP contribution in [0.25, 0.3) is 11.1 Å². The SMILES string of the molecule is COCc1nc2cc(NC(=O)CC(C)C3CCCNC3)ccc2o1. The minimum atomic E-state index is 0.0491. The first-order chi connectivity index (χ1) is 11.7. The Bertz CT molecular complexity index is 692. The van der Waals surface area contributed by atoms with Gasteiger partial charge in [0.15, 0.2) is 5.58 Å². The largest absolute Gasteiger partial charge is 0.438 e. The average molecular weight is 331 g/mol. The number of nitrogens with zero attached hydrogens (tertiary/aromatic N) is 1. The van der Waals surface area contributed by atoms with E-state index in [1.54, 1.807) is 7.11 Å². The van der Waals surface area contributed by atoms with E-state index in [4.69, 9.17) is 9.15 Å². The normalized spacial score (nSPS) is 19.3. The molecule has 0 radical (unpaired) electrons. The Kier molecular flexibility index (Phi) is 5.48. The van der Waals surface area contributed by atoms with E-state index in [1.807, 2.05) is 18.2 Å². The lowest BCUT2D eigenvalue weighted by atomic mass is 9.85. The Morgan fingerprint density at radius 3 is 3.17 bits per heavy atom. The van der Waals surface area contributed by atoms with Crippen molar-refractivity contribution in [3.05, 3.63) is 24.1 Å². The second-order valence-corrected chi connectivity index (χ2v) is 6.56. The summed E-state index contributed by atoms with van der Waals surface area (Å²) in [6.07, 6.45) is 2.94. The highest BCUT2D eigenvalue weighted by Gasteiger charge is 2.22. The summed E-state index contributed by atoms with van der Waals surface area (Å²) >= 11 is 0. The third-order valence-electron chi connectivity index (χ3n) is 4.63. The quantitative estimate of drug-likeness (QED) is 0.851. The minimum absolute atomic E-state index is 0.0491. The Morgan fingerprint density at radius 1 is 1.54 bits per heavy atom. The van der Waals surface area contributed by atoms with Crippen LogP contribution in [0.15, 0.2) is 22.6 Å². The smallest absolute Gasteiger partial charge is 0.224 e. The number of amides is 1. The molecule has 3 rings (SSSR count). The molecule has 0 saturated carbocycles. The molecule has 1 aromatic carbocycles. The summed E-state index contributed by atoms with van der Waals surface area (Å²) in [5.74, 6) is 1.54. The fourth-order valence-electron chi connectivity index (χ4n) is 3.27. The molecule has 2 N–H and O–H groups in total. The molecule has 1 amide bonds. The molecule has 2 unspecified atom stereocenters. The van der Waals surface area contributed by atoms with E-state index < -0.39 is 0 Å². The van der Waals surface area contributed by atoms with Gasteiger partial charge in [0.05, 0.1) is 0 Å². The van der Waals surface area contributed by atoms with Crippen molar-refractivity contribution in [3.63, 3.8) is 0 Å². The van der Waals surface area contributed by atoms with Crippen LogP contribution in [0.2, 0.25) is 0 Å². The summed E-state index contributed by atoms with van der Waals surface area (Å²) in [6, 6.07) is 5.50. The van der Waals surface area contributed by atoms with Crippen molar-refractivity contribution in [2.24, 2.45) is 11.8 Å². The second-order valence-electron chi connectivity index (χ2n) is 6.56. The van der Waals surface area contributed by atoms with Crippen LogP contribution in [0, 0.1) is 11.8 Å². The van der Waals surface area contributed by atoms with Crippen LogP contribution in [0.5, 0.6) is 0 Å². The molecule has 6 heteroatoms. The van der Waals surface area contributed by atoms with Crippen molar-refractivity contribution in [2.75, 3.05) is 25.5 Å². The van der Waals surface area contributed by atoms with Crippen molar-refractivity contribution in [1.82, 2.24) is 10.3 Å². The standard InChI is InChI=1S/C18H25N3O3/c1-12(13-4-3-7-19-10-13)8-17(22)20-14-5-6-16-15(9-14)21-18(24-16)11-23-2/h5-6,9,12-13,19H,3-4,7-8,10-11H2,1-2H3,(H,20,22). The Hall–Kier alpha value is -1.92. The fraction of sp³-hybridized carbons (Fsp3) is 0.556. The van der Waals surface area contributed by atoms with Gasteiger partial charge in [0.2, 0.25) is 11.8 Å². The number of hydrogen-bond donors (Lipinski definition) is 2. The van der Waals surface area contributed by atoms with Crippen LogP contribution in [0.3, 0.4) is 0 Å². The maximum Gasteiger partial charge on any atom is 0.224 e. The van der Waals surface area contributed by atoms with Gasteiger partial charge in [-0.1, -0.05) is 6.92 Å². The van der Waals surface area contributed by atoms with Gasteiger partial charge >= 0.3 is 0 Å². The fourth-order valence-corrected chi connectivity index (χ4v) is 3.27. The molecule has 1 aromatic heterocycles. The number of benzene rings is 1. The highest BCUT2D eigenvalue weighted by Crippen LogP contribution is 2.24. The van der Waals surface area contributed by atoms with E-state index in [0.29, 0.717) is 36.3 Å². The zero-order valence-corrected chi connectivity index (χ0v) is 14.3. The van der Waals surface area contributed by atoms with E-state index in [-0.39, 0.29) is 5.91 Å². The van der Waals surface area contributed by atoms with E-state index in [1.165, 1.54) is 12.8 Å². The molecule has 6 nitrogen and oxygen atoms in total. The number of carbonyl (C=O) groups excluding carboxylic acids is 1. The van der Waals surface area contributed by atoms with E-state index in [9.17, 15) is 4.79 Å². The first-order valence-corrected chi connectivity index (χ1v) is 8.54. The average Bonchev–Trinajstić information content (AvgIpc) is 2.97. The van der Waals surface area contributed by atoms with Gasteiger partial charge in [-0.05, 0) is 56.0 Å². The van der Waals surface area contributed by atoms with Crippen LogP contribution < -0.4 is 10.6 Å². The predicted molar refractivity (Wildman–Crippen MR) is 92.7 cm³/mol. The zero-order chi connectivity index (χ0) is 16.9. The number of aromatic nitrogens is 1. The van der Waals surface area contributed by atoms with Crippen molar-refractivity contribution in [1.29, 1.82) is 0 Å². The monoisotopic (exact) mass is 331 g/mol. The molecule has 2 atom stereocenters. The van der Waals surface area contributed by atoms with Gasteiger partial charge in [-0.2, -0.15) is 0 Å². The van der Waals surface area contributed by atoms with E-state index in [0.717, 1.165) is 24.3 Å². The van der Waals surface area contributed by atoms with Gasteiger partial charge in [-0.3, -0.25) is 4.79 Å². The molecule has 0 spiro atoms. The van der Waals surface area contributed by atoms with Crippen LogP contribution in [-0.4, -0.2) is 31.1 Å². The number of methoxy groups -OCH3 is 1. The lowest BCUT2D eigenvalue weighted by Crippen LogP contribution is -2.34. The Labute approximate surface area is 142 Å². The number of anilines is 1. The second kappa shape index (κ2) is 7.77. The summed E-state index contributed by atoms with van der Waals surface area (Å²) in [5, 5.41) is 6.38. The van der Waals surface area contributed by atoms with E-state index >= 15 is 0 Å². The van der Waals surface area contributed by atoms with Gasteiger partial charge in [0.1, 0.15) is 12.1 Å². The van der Waals surface area contributed by atoms with Crippen LogP contribution >= 0.6 is 0 Å². The summed E-state index contributed by atoms with van der Waals surface area (Å²) in [7, 11) is 1.60. The summed E-state index contributed by atoms with van der Waals surface area (Å²) in [6.45, 7) is 4.61. The van der Waals surface area contributed by atoms with Crippen molar-refractivity contribution < 1.29 is 13.9 Å². The molecule has 1 fully saturated rings. The number of hydrogen-bond acceptors (Lipinski definition) is 5. The first-order valence-electron chi connectivity index (χ1n) is 8.54. The Morgan fingerprint density at radius 2 is 2.42 bits per heavy atom. The molecule has 1 saturated heterocycles. The third kappa shape index (κ3) is 4.13. The molecule has 2 aromatic rings. The maximum atomic E-state index is 12.3. The van der Waals surface area contributed by atoms with Crippen LogP contribution in [0.1, 0.15) is 32.1 Å². The molecule has 0 bridgehead atoms. The topological polar surface area (TPSA) is 76.4 Å². The molecule has 24 heavy (non-hydrogen) atoms. The molecule has 0 aliphatic carbocycles. The molecule has 130 valence electrons. The molecule has 1 aliphatic heterocycles. The lowest BCUT2D eigenvalue weighted by molar-refractivity contribution is -0.117.